The van der Waals surface area contributed by atoms with Crippen molar-refractivity contribution in [3.8, 4) is 11.4 Å². The molecule has 0 saturated heterocycles. The first-order chi connectivity index (χ1) is 14.0. The van der Waals surface area contributed by atoms with Gasteiger partial charge in [-0.15, -0.1) is 5.10 Å². The Hall–Kier alpha value is -3.66. The summed E-state index contributed by atoms with van der Waals surface area (Å²) >= 11 is 0. The fourth-order valence-corrected chi connectivity index (χ4v) is 3.01. The van der Waals surface area contributed by atoms with Crippen LogP contribution in [0, 0.1) is 5.82 Å². The number of fused-ring (bicyclic) bond motifs is 1. The summed E-state index contributed by atoms with van der Waals surface area (Å²) in [7, 11) is 0. The molecule has 0 aliphatic heterocycles. The molecule has 0 saturated carbocycles. The number of rotatable bonds is 6. The molecular formula is C19H18FN7O2. The van der Waals surface area contributed by atoms with Gasteiger partial charge in [-0.25, -0.2) is 23.9 Å². The average Bonchev–Trinajstić information content (AvgIpc) is 3.13. The smallest absolute Gasteiger partial charge is 0.253 e. The molecule has 3 N–H and O–H groups in total. The number of aromatic amines is 1. The van der Waals surface area contributed by atoms with Gasteiger partial charge in [-0.1, -0.05) is 0 Å². The molecular weight excluding hydrogens is 377 g/mol. The zero-order valence-electron chi connectivity index (χ0n) is 15.5. The molecule has 4 rings (SSSR count). The Bertz CT molecular complexity index is 1220. The number of imidazole rings is 1. The largest absolute Gasteiger partial charge is 0.396 e. The molecule has 0 spiro atoms. The number of anilines is 1. The van der Waals surface area contributed by atoms with Crippen molar-refractivity contribution in [2.24, 2.45) is 0 Å². The number of nitrogens with one attached hydrogen (secondary N) is 2. The molecule has 0 radical (unpaired) electrons. The SMILES string of the molecule is C[C@@H](Nc1ccc2ncc(-c3cc(CCO)ncn3)n2n1)c1cc(F)c[nH]c1=O. The third kappa shape index (κ3) is 3.83. The van der Waals surface area contributed by atoms with Gasteiger partial charge in [0.15, 0.2) is 5.65 Å². The molecule has 4 aromatic heterocycles. The fourth-order valence-electron chi connectivity index (χ4n) is 3.01. The molecule has 1 atom stereocenters. The highest BCUT2D eigenvalue weighted by Gasteiger charge is 2.14. The minimum absolute atomic E-state index is 0.00692. The molecule has 0 aromatic carbocycles. The third-order valence-electron chi connectivity index (χ3n) is 4.44. The van der Waals surface area contributed by atoms with E-state index in [0.29, 0.717) is 35.0 Å². The summed E-state index contributed by atoms with van der Waals surface area (Å²) in [5, 5.41) is 16.8. The predicted octanol–water partition coefficient (Wildman–Crippen LogP) is 1.72. The number of nitrogens with zero attached hydrogens (tertiary/aromatic N) is 5. The van der Waals surface area contributed by atoms with Crippen molar-refractivity contribution >= 4 is 11.5 Å². The maximum atomic E-state index is 13.5. The van der Waals surface area contributed by atoms with Gasteiger partial charge >= 0.3 is 0 Å². The summed E-state index contributed by atoms with van der Waals surface area (Å²) in [6.45, 7) is 1.74. The average molecular weight is 395 g/mol. The number of aliphatic hydroxyl groups excluding tert-OH is 1. The van der Waals surface area contributed by atoms with Crippen LogP contribution in [0.1, 0.15) is 24.2 Å². The van der Waals surface area contributed by atoms with E-state index in [4.69, 9.17) is 5.11 Å². The second-order valence-corrected chi connectivity index (χ2v) is 6.47. The highest BCUT2D eigenvalue weighted by Crippen LogP contribution is 2.21. The number of hydrogen-bond donors (Lipinski definition) is 3. The molecule has 0 aliphatic rings. The lowest BCUT2D eigenvalue weighted by atomic mass is 10.1. The third-order valence-corrected chi connectivity index (χ3v) is 4.44. The standard InChI is InChI=1S/C19H18FN7O2/c1-11(14-6-12(20)8-22-19(14)29)25-17-2-3-18-21-9-16(27(18)26-17)15-7-13(4-5-28)23-10-24-15/h2-3,6-11,28H,4-5H2,1H3,(H,22,29)(H,25,26)/t11-/m1/s1. The highest BCUT2D eigenvalue weighted by molar-refractivity contribution is 5.60. The molecule has 0 unspecified atom stereocenters. The minimum atomic E-state index is -0.518. The molecule has 9 nitrogen and oxygen atoms in total. The molecule has 0 bridgehead atoms. The van der Waals surface area contributed by atoms with Crippen LogP contribution in [0.5, 0.6) is 0 Å². The second kappa shape index (κ2) is 7.76. The van der Waals surface area contributed by atoms with Crippen molar-refractivity contribution in [1.82, 2.24) is 29.5 Å². The molecule has 0 fully saturated rings. The van der Waals surface area contributed by atoms with E-state index in [-0.39, 0.29) is 17.7 Å². The summed E-state index contributed by atoms with van der Waals surface area (Å²) in [5.41, 5.74) is 2.50. The Balaban J connectivity index is 1.67. The number of aromatic nitrogens is 6. The lowest BCUT2D eigenvalue weighted by Gasteiger charge is -2.14. The fraction of sp³-hybridized carbons (Fsp3) is 0.211. The van der Waals surface area contributed by atoms with Gasteiger partial charge < -0.3 is 15.4 Å². The van der Waals surface area contributed by atoms with E-state index >= 15 is 0 Å². The topological polar surface area (TPSA) is 121 Å². The van der Waals surface area contributed by atoms with Crippen molar-refractivity contribution in [1.29, 1.82) is 0 Å². The van der Waals surface area contributed by atoms with Crippen LogP contribution in [0.15, 0.2) is 47.8 Å². The summed E-state index contributed by atoms with van der Waals surface area (Å²) in [6.07, 6.45) is 4.53. The van der Waals surface area contributed by atoms with Crippen molar-refractivity contribution in [3.05, 3.63) is 70.4 Å². The van der Waals surface area contributed by atoms with E-state index in [1.54, 1.807) is 35.8 Å². The van der Waals surface area contributed by atoms with Crippen molar-refractivity contribution in [3.63, 3.8) is 0 Å². The Labute approximate surface area is 164 Å². The van der Waals surface area contributed by atoms with Crippen LogP contribution >= 0.6 is 0 Å². The number of pyridine rings is 1. The van der Waals surface area contributed by atoms with Gasteiger partial charge in [0.05, 0.1) is 17.9 Å². The van der Waals surface area contributed by atoms with Crippen LogP contribution < -0.4 is 10.9 Å². The number of aliphatic hydroxyl groups is 1. The lowest BCUT2D eigenvalue weighted by Crippen LogP contribution is -2.20. The number of hydrogen-bond acceptors (Lipinski definition) is 7. The molecule has 0 aliphatic carbocycles. The quantitative estimate of drug-likeness (QED) is 0.454. The first-order valence-corrected chi connectivity index (χ1v) is 8.97. The monoisotopic (exact) mass is 395 g/mol. The van der Waals surface area contributed by atoms with Crippen LogP contribution in [-0.2, 0) is 6.42 Å². The summed E-state index contributed by atoms with van der Waals surface area (Å²) < 4.78 is 15.1. The Morgan fingerprint density at radius 1 is 1.28 bits per heavy atom. The summed E-state index contributed by atoms with van der Waals surface area (Å²) in [6, 6.07) is 6.00. The Morgan fingerprint density at radius 2 is 2.14 bits per heavy atom. The van der Waals surface area contributed by atoms with E-state index in [1.165, 1.54) is 12.4 Å². The zero-order chi connectivity index (χ0) is 20.4. The van der Waals surface area contributed by atoms with Gasteiger partial charge in [0, 0.05) is 30.5 Å². The Kier molecular flexibility index (Phi) is 5.00. The molecule has 0 amide bonds. The van der Waals surface area contributed by atoms with Gasteiger partial charge in [0.25, 0.3) is 5.56 Å². The first-order valence-electron chi connectivity index (χ1n) is 8.97. The Morgan fingerprint density at radius 3 is 2.97 bits per heavy atom. The summed E-state index contributed by atoms with van der Waals surface area (Å²) in [4.78, 5) is 27.1. The summed E-state index contributed by atoms with van der Waals surface area (Å²) in [5.74, 6) is -0.0337. The first kappa shape index (κ1) is 18.7. The maximum Gasteiger partial charge on any atom is 0.253 e. The van der Waals surface area contributed by atoms with Gasteiger partial charge in [-0.3, -0.25) is 4.79 Å². The normalized spacial score (nSPS) is 12.2. The van der Waals surface area contributed by atoms with Crippen LogP contribution in [0.3, 0.4) is 0 Å². The number of H-pyrrole nitrogens is 1. The van der Waals surface area contributed by atoms with Gasteiger partial charge in [0.1, 0.15) is 23.7 Å². The van der Waals surface area contributed by atoms with E-state index in [1.807, 2.05) is 0 Å². The van der Waals surface area contributed by atoms with Crippen LogP contribution in [0.4, 0.5) is 10.2 Å². The van der Waals surface area contributed by atoms with Gasteiger partial charge in [-0.05, 0) is 31.2 Å². The minimum Gasteiger partial charge on any atom is -0.396 e. The van der Waals surface area contributed by atoms with Gasteiger partial charge in [-0.2, -0.15) is 0 Å². The van der Waals surface area contributed by atoms with E-state index in [0.717, 1.165) is 6.20 Å². The van der Waals surface area contributed by atoms with Crippen molar-refractivity contribution in [2.75, 3.05) is 11.9 Å². The highest BCUT2D eigenvalue weighted by atomic mass is 19.1. The lowest BCUT2D eigenvalue weighted by molar-refractivity contribution is 0.298. The second-order valence-electron chi connectivity index (χ2n) is 6.47. The van der Waals surface area contributed by atoms with E-state index < -0.39 is 11.9 Å². The molecule has 4 aromatic rings. The van der Waals surface area contributed by atoms with Crippen LogP contribution in [-0.4, -0.2) is 41.3 Å². The molecule has 10 heteroatoms. The van der Waals surface area contributed by atoms with Gasteiger partial charge in [0.2, 0.25) is 0 Å². The van der Waals surface area contributed by atoms with E-state index in [9.17, 15) is 9.18 Å². The maximum absolute atomic E-state index is 13.5. The molecule has 4 heterocycles. The van der Waals surface area contributed by atoms with Crippen LogP contribution in [0.2, 0.25) is 0 Å². The van der Waals surface area contributed by atoms with Crippen molar-refractivity contribution < 1.29 is 9.50 Å². The molecule has 29 heavy (non-hydrogen) atoms. The zero-order valence-corrected chi connectivity index (χ0v) is 15.5. The molecule has 148 valence electrons. The van der Waals surface area contributed by atoms with E-state index in [2.05, 4.69) is 30.4 Å². The van der Waals surface area contributed by atoms with Crippen LogP contribution in [0.25, 0.3) is 17.0 Å². The number of halogens is 1. The predicted molar refractivity (Wildman–Crippen MR) is 104 cm³/mol. The van der Waals surface area contributed by atoms with Crippen molar-refractivity contribution in [2.45, 2.75) is 19.4 Å².